The summed E-state index contributed by atoms with van der Waals surface area (Å²) in [4.78, 5) is 16.0. The first-order chi connectivity index (χ1) is 10.2. The standard InChI is InChI=1S/C17H24N2O2/c20-17(21)15-8-10-19(12-15)16-7-4-9-18(13-16)11-14-5-2-1-3-6-14/h1-3,5-6,15-16H,4,7-13H2,(H,20,21). The Kier molecular flexibility index (Phi) is 4.56. The first-order valence-corrected chi connectivity index (χ1v) is 7.95. The van der Waals surface area contributed by atoms with Crippen LogP contribution in [0.4, 0.5) is 0 Å². The third-order valence-electron chi connectivity index (χ3n) is 4.81. The minimum atomic E-state index is -0.630. The zero-order valence-corrected chi connectivity index (χ0v) is 12.4. The molecular formula is C17H24N2O2. The fraction of sp³-hybridized carbons (Fsp3) is 0.588. The van der Waals surface area contributed by atoms with Gasteiger partial charge in [0.05, 0.1) is 5.92 Å². The first-order valence-electron chi connectivity index (χ1n) is 7.95. The lowest BCUT2D eigenvalue weighted by atomic mass is 10.0. The molecule has 0 amide bonds. The molecule has 2 aliphatic heterocycles. The molecule has 0 saturated carbocycles. The van der Waals surface area contributed by atoms with Gasteiger partial charge in [0.1, 0.15) is 0 Å². The molecule has 0 spiro atoms. The molecule has 0 aliphatic carbocycles. The molecule has 2 heterocycles. The molecule has 2 unspecified atom stereocenters. The van der Waals surface area contributed by atoms with Gasteiger partial charge in [-0.25, -0.2) is 0 Å². The molecule has 1 aromatic rings. The second-order valence-corrected chi connectivity index (χ2v) is 6.34. The average Bonchev–Trinajstić information content (AvgIpc) is 2.99. The molecule has 0 radical (unpaired) electrons. The van der Waals surface area contributed by atoms with Crippen molar-refractivity contribution in [3.8, 4) is 0 Å². The van der Waals surface area contributed by atoms with Gasteiger partial charge in [-0.05, 0) is 37.9 Å². The van der Waals surface area contributed by atoms with Gasteiger partial charge in [0.25, 0.3) is 0 Å². The molecule has 0 aromatic heterocycles. The summed E-state index contributed by atoms with van der Waals surface area (Å²) in [5, 5.41) is 9.14. The second-order valence-electron chi connectivity index (χ2n) is 6.34. The van der Waals surface area contributed by atoms with Crippen molar-refractivity contribution in [2.75, 3.05) is 26.2 Å². The van der Waals surface area contributed by atoms with Crippen LogP contribution < -0.4 is 0 Å². The lowest BCUT2D eigenvalue weighted by Gasteiger charge is -2.37. The van der Waals surface area contributed by atoms with Crippen LogP contribution >= 0.6 is 0 Å². The van der Waals surface area contributed by atoms with Crippen molar-refractivity contribution in [2.24, 2.45) is 5.92 Å². The van der Waals surface area contributed by atoms with Gasteiger partial charge in [-0.15, -0.1) is 0 Å². The smallest absolute Gasteiger partial charge is 0.307 e. The van der Waals surface area contributed by atoms with E-state index in [0.717, 1.165) is 39.1 Å². The van der Waals surface area contributed by atoms with Gasteiger partial charge >= 0.3 is 5.97 Å². The number of carboxylic acids is 1. The lowest BCUT2D eigenvalue weighted by molar-refractivity contribution is -0.141. The number of hydrogen-bond acceptors (Lipinski definition) is 3. The number of nitrogens with zero attached hydrogens (tertiary/aromatic N) is 2. The predicted octanol–water partition coefficient (Wildman–Crippen LogP) is 2.06. The maximum atomic E-state index is 11.1. The van der Waals surface area contributed by atoms with Crippen LogP contribution in [0.3, 0.4) is 0 Å². The molecule has 114 valence electrons. The van der Waals surface area contributed by atoms with E-state index >= 15 is 0 Å². The Bertz CT molecular complexity index is 477. The molecule has 2 atom stereocenters. The maximum absolute atomic E-state index is 11.1. The Morgan fingerprint density at radius 3 is 2.67 bits per heavy atom. The number of aliphatic carboxylic acids is 1. The summed E-state index contributed by atoms with van der Waals surface area (Å²) < 4.78 is 0. The second kappa shape index (κ2) is 6.58. The topological polar surface area (TPSA) is 43.8 Å². The van der Waals surface area contributed by atoms with E-state index in [4.69, 9.17) is 5.11 Å². The monoisotopic (exact) mass is 288 g/mol. The Hall–Kier alpha value is -1.39. The molecule has 2 aliphatic rings. The van der Waals surface area contributed by atoms with Gasteiger partial charge in [0.2, 0.25) is 0 Å². The van der Waals surface area contributed by atoms with Crippen molar-refractivity contribution < 1.29 is 9.90 Å². The van der Waals surface area contributed by atoms with E-state index < -0.39 is 5.97 Å². The van der Waals surface area contributed by atoms with E-state index in [1.54, 1.807) is 0 Å². The van der Waals surface area contributed by atoms with Crippen molar-refractivity contribution in [1.29, 1.82) is 0 Å². The van der Waals surface area contributed by atoms with Crippen LogP contribution in [0.5, 0.6) is 0 Å². The van der Waals surface area contributed by atoms with E-state index in [2.05, 4.69) is 40.1 Å². The summed E-state index contributed by atoms with van der Waals surface area (Å²) >= 11 is 0. The van der Waals surface area contributed by atoms with Gasteiger partial charge in [-0.3, -0.25) is 14.6 Å². The molecule has 1 N–H and O–H groups in total. The van der Waals surface area contributed by atoms with Crippen LogP contribution in [0.1, 0.15) is 24.8 Å². The number of carbonyl (C=O) groups is 1. The van der Waals surface area contributed by atoms with Crippen LogP contribution in [-0.4, -0.2) is 53.1 Å². The minimum absolute atomic E-state index is 0.158. The molecule has 4 nitrogen and oxygen atoms in total. The van der Waals surface area contributed by atoms with E-state index in [1.807, 2.05) is 0 Å². The average molecular weight is 288 g/mol. The fourth-order valence-corrected chi connectivity index (χ4v) is 3.63. The van der Waals surface area contributed by atoms with Gasteiger partial charge < -0.3 is 5.11 Å². The molecular weight excluding hydrogens is 264 g/mol. The van der Waals surface area contributed by atoms with Crippen molar-refractivity contribution in [3.63, 3.8) is 0 Å². The maximum Gasteiger partial charge on any atom is 0.307 e. The van der Waals surface area contributed by atoms with Gasteiger partial charge in [0.15, 0.2) is 0 Å². The summed E-state index contributed by atoms with van der Waals surface area (Å²) in [5.74, 6) is -0.788. The first kappa shape index (κ1) is 14.5. The van der Waals surface area contributed by atoms with Crippen LogP contribution in [-0.2, 0) is 11.3 Å². The molecule has 0 bridgehead atoms. The molecule has 4 heteroatoms. The highest BCUT2D eigenvalue weighted by atomic mass is 16.4. The zero-order chi connectivity index (χ0) is 14.7. The third kappa shape index (κ3) is 3.63. The van der Waals surface area contributed by atoms with Crippen LogP contribution in [0, 0.1) is 5.92 Å². The number of likely N-dealkylation sites (tertiary alicyclic amines) is 2. The van der Waals surface area contributed by atoms with Crippen molar-refractivity contribution in [1.82, 2.24) is 9.80 Å². The van der Waals surface area contributed by atoms with E-state index in [1.165, 1.54) is 18.4 Å². The third-order valence-corrected chi connectivity index (χ3v) is 4.81. The summed E-state index contributed by atoms with van der Waals surface area (Å²) in [6.07, 6.45) is 3.23. The normalized spacial score (nSPS) is 27.8. The molecule has 3 rings (SSSR count). The molecule has 2 fully saturated rings. The van der Waals surface area contributed by atoms with Gasteiger partial charge in [-0.1, -0.05) is 30.3 Å². The molecule has 2 saturated heterocycles. The summed E-state index contributed by atoms with van der Waals surface area (Å²) in [7, 11) is 0. The Balaban J connectivity index is 1.55. The SMILES string of the molecule is O=C(O)C1CCN(C2CCCN(Cc3ccccc3)C2)C1. The van der Waals surface area contributed by atoms with Crippen molar-refractivity contribution >= 4 is 5.97 Å². The number of piperidine rings is 1. The number of benzene rings is 1. The lowest BCUT2D eigenvalue weighted by Crippen LogP contribution is -2.47. The quantitative estimate of drug-likeness (QED) is 0.921. The number of hydrogen-bond donors (Lipinski definition) is 1. The molecule has 1 aromatic carbocycles. The fourth-order valence-electron chi connectivity index (χ4n) is 3.63. The predicted molar refractivity (Wildman–Crippen MR) is 82.1 cm³/mol. The largest absolute Gasteiger partial charge is 0.481 e. The van der Waals surface area contributed by atoms with E-state index in [-0.39, 0.29) is 5.92 Å². The van der Waals surface area contributed by atoms with Crippen LogP contribution in [0.2, 0.25) is 0 Å². The zero-order valence-electron chi connectivity index (χ0n) is 12.4. The highest BCUT2D eigenvalue weighted by Crippen LogP contribution is 2.24. The van der Waals surface area contributed by atoms with Crippen molar-refractivity contribution in [3.05, 3.63) is 35.9 Å². The minimum Gasteiger partial charge on any atom is -0.481 e. The Labute approximate surface area is 126 Å². The van der Waals surface area contributed by atoms with Crippen LogP contribution in [0.25, 0.3) is 0 Å². The Morgan fingerprint density at radius 2 is 1.95 bits per heavy atom. The van der Waals surface area contributed by atoms with Crippen LogP contribution in [0.15, 0.2) is 30.3 Å². The summed E-state index contributed by atoms with van der Waals surface area (Å²) in [5.41, 5.74) is 1.36. The van der Waals surface area contributed by atoms with Crippen molar-refractivity contribution in [2.45, 2.75) is 31.8 Å². The van der Waals surface area contributed by atoms with Gasteiger partial charge in [-0.2, -0.15) is 0 Å². The van der Waals surface area contributed by atoms with E-state index in [9.17, 15) is 4.79 Å². The molecule has 21 heavy (non-hydrogen) atoms. The summed E-state index contributed by atoms with van der Waals surface area (Å²) in [6, 6.07) is 11.1. The number of carboxylic acid groups (broad SMARTS) is 1. The highest BCUT2D eigenvalue weighted by molar-refractivity contribution is 5.70. The van der Waals surface area contributed by atoms with Gasteiger partial charge in [0, 0.05) is 25.7 Å². The Morgan fingerprint density at radius 1 is 1.14 bits per heavy atom. The summed E-state index contributed by atoms with van der Waals surface area (Å²) in [6.45, 7) is 4.91. The highest BCUT2D eigenvalue weighted by Gasteiger charge is 2.33. The van der Waals surface area contributed by atoms with E-state index in [0.29, 0.717) is 6.04 Å². The number of rotatable bonds is 4.